The van der Waals surface area contributed by atoms with Crippen molar-refractivity contribution in [1.29, 1.82) is 0 Å². The van der Waals surface area contributed by atoms with E-state index in [1.807, 2.05) is 0 Å². The lowest BCUT2D eigenvalue weighted by atomic mass is 9.74. The van der Waals surface area contributed by atoms with Crippen LogP contribution >= 0.6 is 0 Å². The molecule has 0 saturated carbocycles. The average molecular weight is 287 g/mol. The Morgan fingerprint density at radius 2 is 1.65 bits per heavy atom. The van der Waals surface area contributed by atoms with E-state index in [9.17, 15) is 19.5 Å². The fourth-order valence-corrected chi connectivity index (χ4v) is 1.33. The van der Waals surface area contributed by atoms with Crippen LogP contribution in [0.4, 0.5) is 4.79 Å². The van der Waals surface area contributed by atoms with Gasteiger partial charge in [-0.05, 0) is 34.6 Å². The van der Waals surface area contributed by atoms with Crippen LogP contribution in [0.5, 0.6) is 0 Å². The van der Waals surface area contributed by atoms with E-state index in [2.05, 4.69) is 10.6 Å². The predicted molar refractivity (Wildman–Crippen MR) is 75.3 cm³/mol. The summed E-state index contributed by atoms with van der Waals surface area (Å²) in [7, 11) is 1.48. The maximum absolute atomic E-state index is 12.0. The van der Waals surface area contributed by atoms with Crippen LogP contribution in [-0.2, 0) is 9.59 Å². The lowest BCUT2D eigenvalue weighted by Gasteiger charge is -2.39. The minimum absolute atomic E-state index is 0.0801. The zero-order valence-electron chi connectivity index (χ0n) is 13.0. The minimum Gasteiger partial charge on any atom is -0.481 e. The van der Waals surface area contributed by atoms with E-state index in [4.69, 9.17) is 0 Å². The van der Waals surface area contributed by atoms with E-state index in [-0.39, 0.29) is 12.5 Å². The quantitative estimate of drug-likeness (QED) is 0.668. The third kappa shape index (κ3) is 4.40. The summed E-state index contributed by atoms with van der Waals surface area (Å²) in [6.45, 7) is 8.56. The van der Waals surface area contributed by atoms with E-state index >= 15 is 0 Å². The Labute approximate surface area is 119 Å². The Kier molecular flexibility index (Phi) is 5.99. The van der Waals surface area contributed by atoms with Gasteiger partial charge in [-0.1, -0.05) is 0 Å². The molecule has 0 heterocycles. The van der Waals surface area contributed by atoms with Gasteiger partial charge in [-0.2, -0.15) is 0 Å². The van der Waals surface area contributed by atoms with Crippen LogP contribution in [0.1, 0.15) is 34.6 Å². The van der Waals surface area contributed by atoms with Crippen LogP contribution < -0.4 is 10.6 Å². The third-order valence-electron chi connectivity index (χ3n) is 3.62. The van der Waals surface area contributed by atoms with Crippen LogP contribution in [0.25, 0.3) is 0 Å². The van der Waals surface area contributed by atoms with Crippen molar-refractivity contribution < 1.29 is 19.5 Å². The topological polar surface area (TPSA) is 98.7 Å². The molecule has 0 aliphatic rings. The zero-order chi connectivity index (χ0) is 16.1. The van der Waals surface area contributed by atoms with E-state index in [0.29, 0.717) is 6.54 Å². The first-order chi connectivity index (χ1) is 8.95. The molecular formula is C13H25N3O4. The molecule has 0 aromatic rings. The fourth-order valence-electron chi connectivity index (χ4n) is 1.33. The molecule has 20 heavy (non-hydrogen) atoms. The molecule has 7 heteroatoms. The fraction of sp³-hybridized carbons (Fsp3) is 0.769. The van der Waals surface area contributed by atoms with Crippen molar-refractivity contribution in [2.24, 2.45) is 5.41 Å². The van der Waals surface area contributed by atoms with Crippen LogP contribution in [0.15, 0.2) is 0 Å². The van der Waals surface area contributed by atoms with Gasteiger partial charge in [0.15, 0.2) is 0 Å². The number of likely N-dealkylation sites (N-methyl/N-ethyl adjacent to an activating group) is 2. The standard InChI is InChI=1S/C13H25N3O4/c1-7-14-9(17)8-16(6)11(20)15-13(4,5)12(2,3)10(18)19/h7-8H2,1-6H3,(H,14,17)(H,15,20)(H,18,19). The van der Waals surface area contributed by atoms with Gasteiger partial charge in [0.1, 0.15) is 6.54 Å². The van der Waals surface area contributed by atoms with Gasteiger partial charge in [-0.25, -0.2) is 4.79 Å². The number of carboxylic acid groups (broad SMARTS) is 1. The van der Waals surface area contributed by atoms with Crippen LogP contribution in [0.3, 0.4) is 0 Å². The van der Waals surface area contributed by atoms with Gasteiger partial charge in [-0.3, -0.25) is 9.59 Å². The maximum atomic E-state index is 12.0. The molecule has 0 radical (unpaired) electrons. The molecule has 0 aromatic heterocycles. The molecule has 0 fully saturated rings. The Morgan fingerprint density at radius 3 is 2.05 bits per heavy atom. The number of rotatable bonds is 6. The van der Waals surface area contributed by atoms with Crippen molar-refractivity contribution in [1.82, 2.24) is 15.5 Å². The number of amides is 3. The second kappa shape index (κ2) is 6.58. The Morgan fingerprint density at radius 1 is 1.15 bits per heavy atom. The van der Waals surface area contributed by atoms with Gasteiger partial charge in [0.05, 0.1) is 11.0 Å². The number of carbonyl (C=O) groups excluding carboxylic acids is 2. The predicted octanol–water partition coefficient (Wildman–Crippen LogP) is 0.653. The van der Waals surface area contributed by atoms with Crippen LogP contribution in [-0.4, -0.2) is 53.6 Å². The van der Waals surface area contributed by atoms with Crippen LogP contribution in [0, 0.1) is 5.41 Å². The van der Waals surface area contributed by atoms with Gasteiger partial charge in [0.2, 0.25) is 5.91 Å². The van der Waals surface area contributed by atoms with Crippen molar-refractivity contribution in [2.75, 3.05) is 20.1 Å². The summed E-state index contributed by atoms with van der Waals surface area (Å²) in [6.07, 6.45) is 0. The molecule has 3 amide bonds. The first-order valence-electron chi connectivity index (χ1n) is 6.49. The highest BCUT2D eigenvalue weighted by molar-refractivity contribution is 5.85. The number of urea groups is 1. The molecule has 0 rings (SSSR count). The second-order valence-corrected chi connectivity index (χ2v) is 5.79. The summed E-state index contributed by atoms with van der Waals surface area (Å²) >= 11 is 0. The first-order valence-corrected chi connectivity index (χ1v) is 6.49. The van der Waals surface area contributed by atoms with Crippen LogP contribution in [0.2, 0.25) is 0 Å². The summed E-state index contributed by atoms with van der Waals surface area (Å²) in [5.74, 6) is -1.27. The number of carbonyl (C=O) groups is 3. The molecule has 0 unspecified atom stereocenters. The molecule has 0 aliphatic heterocycles. The van der Waals surface area contributed by atoms with Crippen molar-refractivity contribution in [3.8, 4) is 0 Å². The van der Waals surface area contributed by atoms with E-state index in [0.717, 1.165) is 0 Å². The number of nitrogens with one attached hydrogen (secondary N) is 2. The van der Waals surface area contributed by atoms with Gasteiger partial charge < -0.3 is 20.6 Å². The number of aliphatic carboxylic acids is 1. The van der Waals surface area contributed by atoms with Gasteiger partial charge in [-0.15, -0.1) is 0 Å². The Bertz CT molecular complexity index is 391. The molecule has 7 nitrogen and oxygen atoms in total. The smallest absolute Gasteiger partial charge is 0.318 e. The molecule has 0 atom stereocenters. The Hall–Kier alpha value is -1.79. The zero-order valence-corrected chi connectivity index (χ0v) is 13.0. The summed E-state index contributed by atoms with van der Waals surface area (Å²) < 4.78 is 0. The summed E-state index contributed by atoms with van der Waals surface area (Å²) in [6, 6.07) is -0.490. The van der Waals surface area contributed by atoms with Crippen molar-refractivity contribution in [3.05, 3.63) is 0 Å². The molecule has 116 valence electrons. The van der Waals surface area contributed by atoms with Crippen molar-refractivity contribution in [2.45, 2.75) is 40.2 Å². The highest BCUT2D eigenvalue weighted by atomic mass is 16.4. The molecular weight excluding hydrogens is 262 g/mol. The average Bonchev–Trinajstić information content (AvgIpc) is 2.27. The summed E-state index contributed by atoms with van der Waals surface area (Å²) in [4.78, 5) is 35.9. The molecule has 0 aliphatic carbocycles. The van der Waals surface area contributed by atoms with Crippen molar-refractivity contribution in [3.63, 3.8) is 0 Å². The number of hydrogen-bond donors (Lipinski definition) is 3. The SMILES string of the molecule is CCNC(=O)CN(C)C(=O)NC(C)(C)C(C)(C)C(=O)O. The van der Waals surface area contributed by atoms with E-state index in [1.54, 1.807) is 34.6 Å². The van der Waals surface area contributed by atoms with Crippen molar-refractivity contribution >= 4 is 17.9 Å². The Balaban J connectivity index is 4.74. The lowest BCUT2D eigenvalue weighted by Crippen LogP contribution is -2.59. The third-order valence-corrected chi connectivity index (χ3v) is 3.62. The summed E-state index contributed by atoms with van der Waals surface area (Å²) in [5, 5.41) is 14.5. The normalized spacial score (nSPS) is 11.7. The number of hydrogen-bond acceptors (Lipinski definition) is 3. The molecule has 0 saturated heterocycles. The molecule has 0 aromatic carbocycles. The second-order valence-electron chi connectivity index (χ2n) is 5.79. The first kappa shape index (κ1) is 18.2. The number of carboxylic acids is 1. The molecule has 0 spiro atoms. The van der Waals surface area contributed by atoms with Gasteiger partial charge in [0.25, 0.3) is 0 Å². The molecule has 0 bridgehead atoms. The highest BCUT2D eigenvalue weighted by Gasteiger charge is 2.44. The number of nitrogens with zero attached hydrogens (tertiary/aromatic N) is 1. The van der Waals surface area contributed by atoms with Gasteiger partial charge >= 0.3 is 12.0 Å². The summed E-state index contributed by atoms with van der Waals surface area (Å²) in [5.41, 5.74) is -2.11. The maximum Gasteiger partial charge on any atom is 0.318 e. The van der Waals surface area contributed by atoms with E-state index in [1.165, 1.54) is 11.9 Å². The monoisotopic (exact) mass is 287 g/mol. The minimum atomic E-state index is -1.14. The molecule has 3 N–H and O–H groups in total. The van der Waals surface area contributed by atoms with E-state index < -0.39 is 23.0 Å². The highest BCUT2D eigenvalue weighted by Crippen LogP contribution is 2.30. The largest absolute Gasteiger partial charge is 0.481 e. The lowest BCUT2D eigenvalue weighted by molar-refractivity contribution is -0.150. The van der Waals surface area contributed by atoms with Gasteiger partial charge in [0, 0.05) is 13.6 Å².